The summed E-state index contributed by atoms with van der Waals surface area (Å²) in [6.45, 7) is 9.17. The Bertz CT molecular complexity index is 576. The minimum absolute atomic E-state index is 0.0335. The number of likely N-dealkylation sites (tertiary alicyclic amines) is 1. The van der Waals surface area contributed by atoms with E-state index in [1.54, 1.807) is 24.5 Å². The molecule has 2 rings (SSSR count). The topological polar surface area (TPSA) is 71.2 Å². The third kappa shape index (κ3) is 10.2. The van der Waals surface area contributed by atoms with Crippen molar-refractivity contribution in [1.82, 2.24) is 15.2 Å². The van der Waals surface area contributed by atoms with Crippen molar-refractivity contribution in [3.63, 3.8) is 0 Å². The van der Waals surface area contributed by atoms with Crippen LogP contribution in [0.25, 0.3) is 0 Å². The van der Waals surface area contributed by atoms with E-state index >= 15 is 0 Å². The van der Waals surface area contributed by atoms with Gasteiger partial charge in [0.25, 0.3) is 5.91 Å². The number of nitrogens with two attached hydrogens (primary N) is 1. The van der Waals surface area contributed by atoms with E-state index in [0.29, 0.717) is 17.5 Å². The number of nitrogens with zero attached hydrogens (tertiary/aromatic N) is 2. The van der Waals surface area contributed by atoms with Crippen molar-refractivity contribution < 1.29 is 4.79 Å². The van der Waals surface area contributed by atoms with Gasteiger partial charge in [0.2, 0.25) is 0 Å². The first-order chi connectivity index (χ1) is 14.0. The Morgan fingerprint density at radius 1 is 1.17 bits per heavy atom. The van der Waals surface area contributed by atoms with Gasteiger partial charge in [-0.1, -0.05) is 58.8 Å². The van der Waals surface area contributed by atoms with Crippen LogP contribution in [0.15, 0.2) is 24.5 Å². The molecule has 0 aliphatic carbocycles. The highest BCUT2D eigenvalue weighted by molar-refractivity contribution is 5.93. The summed E-state index contributed by atoms with van der Waals surface area (Å²) in [5, 5.41) is 2.90. The first-order valence-corrected chi connectivity index (χ1v) is 11.6. The zero-order valence-corrected chi connectivity index (χ0v) is 18.7. The number of unbranched alkanes of at least 4 members (excludes halogenated alkanes) is 7. The van der Waals surface area contributed by atoms with E-state index < -0.39 is 0 Å². The van der Waals surface area contributed by atoms with Crippen LogP contribution in [0, 0.1) is 5.41 Å². The number of hydrogen-bond acceptors (Lipinski definition) is 4. The fourth-order valence-electron chi connectivity index (χ4n) is 4.14. The van der Waals surface area contributed by atoms with Crippen LogP contribution in [-0.4, -0.2) is 48.0 Å². The molecular weight excluding hydrogens is 360 g/mol. The molecule has 0 bridgehead atoms. The predicted octanol–water partition coefficient (Wildman–Crippen LogP) is 4.38. The Balaban J connectivity index is 1.36. The van der Waals surface area contributed by atoms with Crippen LogP contribution in [0.2, 0.25) is 0 Å². The molecule has 1 fully saturated rings. The van der Waals surface area contributed by atoms with Gasteiger partial charge in [0.05, 0.1) is 5.56 Å². The number of nitrogens with one attached hydrogen (secondary N) is 1. The molecule has 0 aromatic carbocycles. The van der Waals surface area contributed by atoms with Gasteiger partial charge in [-0.25, -0.2) is 0 Å². The minimum Gasteiger partial charge on any atom is -0.350 e. The third-order valence-corrected chi connectivity index (χ3v) is 6.00. The van der Waals surface area contributed by atoms with E-state index in [-0.39, 0.29) is 11.9 Å². The average molecular weight is 403 g/mol. The summed E-state index contributed by atoms with van der Waals surface area (Å²) in [7, 11) is 0. The van der Waals surface area contributed by atoms with Crippen LogP contribution in [0.3, 0.4) is 0 Å². The van der Waals surface area contributed by atoms with Crippen LogP contribution in [0.1, 0.15) is 88.4 Å². The fraction of sp³-hybridized carbons (Fsp3) is 0.750. The van der Waals surface area contributed by atoms with Gasteiger partial charge in [-0.2, -0.15) is 0 Å². The zero-order valence-electron chi connectivity index (χ0n) is 18.7. The molecular formula is C24H42N4O. The lowest BCUT2D eigenvalue weighted by atomic mass is 9.93. The molecule has 0 saturated carbocycles. The molecule has 1 aliphatic heterocycles. The van der Waals surface area contributed by atoms with E-state index in [2.05, 4.69) is 29.0 Å². The molecule has 29 heavy (non-hydrogen) atoms. The molecule has 1 unspecified atom stereocenters. The van der Waals surface area contributed by atoms with E-state index in [9.17, 15) is 4.79 Å². The molecule has 1 aromatic rings. The average Bonchev–Trinajstić information content (AvgIpc) is 3.06. The zero-order chi connectivity index (χ0) is 21.0. The molecule has 164 valence electrons. The number of aromatic nitrogens is 1. The lowest BCUT2D eigenvalue weighted by molar-refractivity contribution is 0.0950. The maximum absolute atomic E-state index is 12.0. The maximum atomic E-state index is 12.0. The fourth-order valence-corrected chi connectivity index (χ4v) is 4.14. The summed E-state index contributed by atoms with van der Waals surface area (Å²) in [5.41, 5.74) is 7.25. The molecule has 5 nitrogen and oxygen atoms in total. The van der Waals surface area contributed by atoms with Gasteiger partial charge in [0.1, 0.15) is 0 Å². The molecule has 1 amide bonds. The first kappa shape index (κ1) is 23.8. The lowest BCUT2D eigenvalue weighted by Crippen LogP contribution is -2.37. The van der Waals surface area contributed by atoms with Crippen molar-refractivity contribution in [3.8, 4) is 0 Å². The van der Waals surface area contributed by atoms with Crippen molar-refractivity contribution >= 4 is 5.91 Å². The minimum atomic E-state index is -0.0954. The SMILES string of the molecule is CC1(C)CCN(CCCCCCCCCCC(N)CNC(=O)c2cccnc2)C1. The summed E-state index contributed by atoms with van der Waals surface area (Å²) in [6.07, 6.45) is 16.1. The summed E-state index contributed by atoms with van der Waals surface area (Å²) >= 11 is 0. The summed E-state index contributed by atoms with van der Waals surface area (Å²) in [4.78, 5) is 18.6. The van der Waals surface area contributed by atoms with Crippen molar-refractivity contribution in [1.29, 1.82) is 0 Å². The highest BCUT2D eigenvalue weighted by Gasteiger charge is 2.28. The van der Waals surface area contributed by atoms with E-state index in [1.165, 1.54) is 71.0 Å². The van der Waals surface area contributed by atoms with Crippen LogP contribution in [-0.2, 0) is 0 Å². The Morgan fingerprint density at radius 2 is 1.86 bits per heavy atom. The molecule has 2 heterocycles. The van der Waals surface area contributed by atoms with Gasteiger partial charge in [0, 0.05) is 31.5 Å². The normalized spacial score (nSPS) is 17.3. The van der Waals surface area contributed by atoms with Crippen molar-refractivity contribution in [2.75, 3.05) is 26.2 Å². The summed E-state index contributed by atoms with van der Waals surface area (Å²) in [6, 6.07) is 3.57. The van der Waals surface area contributed by atoms with Gasteiger partial charge >= 0.3 is 0 Å². The smallest absolute Gasteiger partial charge is 0.252 e. The maximum Gasteiger partial charge on any atom is 0.252 e. The van der Waals surface area contributed by atoms with E-state index in [4.69, 9.17) is 5.73 Å². The lowest BCUT2D eigenvalue weighted by Gasteiger charge is -2.19. The number of hydrogen-bond donors (Lipinski definition) is 2. The second kappa shape index (κ2) is 13.0. The Kier molecular flexibility index (Phi) is 10.6. The number of amides is 1. The number of rotatable bonds is 14. The molecule has 1 saturated heterocycles. The van der Waals surface area contributed by atoms with Crippen molar-refractivity contribution in [2.45, 2.75) is 84.1 Å². The van der Waals surface area contributed by atoms with Gasteiger partial charge in [-0.05, 0) is 49.9 Å². The van der Waals surface area contributed by atoms with Crippen LogP contribution >= 0.6 is 0 Å². The Morgan fingerprint density at radius 3 is 2.48 bits per heavy atom. The third-order valence-electron chi connectivity index (χ3n) is 6.00. The predicted molar refractivity (Wildman–Crippen MR) is 121 cm³/mol. The molecule has 0 radical (unpaired) electrons. The van der Waals surface area contributed by atoms with E-state index in [0.717, 1.165) is 12.8 Å². The number of carbonyl (C=O) groups is 1. The molecule has 1 atom stereocenters. The highest BCUT2D eigenvalue weighted by Crippen LogP contribution is 2.28. The van der Waals surface area contributed by atoms with Crippen LogP contribution in [0.4, 0.5) is 0 Å². The first-order valence-electron chi connectivity index (χ1n) is 11.6. The molecule has 1 aliphatic rings. The van der Waals surface area contributed by atoms with Gasteiger partial charge in [-0.3, -0.25) is 9.78 Å². The van der Waals surface area contributed by atoms with Gasteiger partial charge in [0.15, 0.2) is 0 Å². The second-order valence-corrected chi connectivity index (χ2v) is 9.52. The summed E-state index contributed by atoms with van der Waals surface area (Å²) < 4.78 is 0. The van der Waals surface area contributed by atoms with Crippen LogP contribution in [0.5, 0.6) is 0 Å². The van der Waals surface area contributed by atoms with Crippen molar-refractivity contribution in [2.24, 2.45) is 11.1 Å². The van der Waals surface area contributed by atoms with E-state index in [1.807, 2.05) is 0 Å². The molecule has 0 spiro atoms. The summed E-state index contributed by atoms with van der Waals surface area (Å²) in [5.74, 6) is -0.0954. The quantitative estimate of drug-likeness (QED) is 0.453. The Labute approximate surface area is 177 Å². The molecule has 3 N–H and O–H groups in total. The molecule has 1 aromatic heterocycles. The molecule has 5 heteroatoms. The van der Waals surface area contributed by atoms with Gasteiger partial charge < -0.3 is 16.0 Å². The van der Waals surface area contributed by atoms with Crippen LogP contribution < -0.4 is 11.1 Å². The van der Waals surface area contributed by atoms with Crippen molar-refractivity contribution in [3.05, 3.63) is 30.1 Å². The monoisotopic (exact) mass is 402 g/mol. The largest absolute Gasteiger partial charge is 0.350 e. The number of pyridine rings is 1. The second-order valence-electron chi connectivity index (χ2n) is 9.52. The highest BCUT2D eigenvalue weighted by atomic mass is 16.1. The standard InChI is InChI=1S/C24H42N4O/c1-24(2)14-17-28(20-24)16-10-8-6-4-3-5-7-9-13-22(25)19-27-23(29)21-12-11-15-26-18-21/h11-12,15,18,22H,3-10,13-14,16-17,19-20,25H2,1-2H3,(H,27,29). The van der Waals surface area contributed by atoms with Gasteiger partial charge in [-0.15, -0.1) is 0 Å². The number of carbonyl (C=O) groups excluding carboxylic acids is 1. The Hall–Kier alpha value is -1.46.